The second-order valence-corrected chi connectivity index (χ2v) is 5.15. The average molecular weight is 255 g/mol. The maximum Gasteiger partial charge on any atom is 0.240 e. The Bertz CT molecular complexity index is 245. The van der Waals surface area contributed by atoms with Crippen LogP contribution in [0.2, 0.25) is 0 Å². The number of rotatable bonds is 8. The van der Waals surface area contributed by atoms with Gasteiger partial charge < -0.3 is 15.5 Å². The fourth-order valence-electron chi connectivity index (χ4n) is 2.79. The van der Waals surface area contributed by atoms with Gasteiger partial charge in [-0.2, -0.15) is 0 Å². The molecule has 0 aromatic rings. The molecule has 1 saturated heterocycles. The van der Waals surface area contributed by atoms with Crippen molar-refractivity contribution in [3.8, 4) is 0 Å². The van der Waals surface area contributed by atoms with Crippen molar-refractivity contribution < 1.29 is 4.79 Å². The summed E-state index contributed by atoms with van der Waals surface area (Å²) >= 11 is 0. The van der Waals surface area contributed by atoms with Crippen molar-refractivity contribution >= 4 is 5.91 Å². The Labute approximate surface area is 111 Å². The topological polar surface area (TPSA) is 44.4 Å². The van der Waals surface area contributed by atoms with Crippen LogP contribution in [0.5, 0.6) is 0 Å². The molecule has 0 bridgehead atoms. The van der Waals surface area contributed by atoms with Crippen molar-refractivity contribution in [3.63, 3.8) is 0 Å². The van der Waals surface area contributed by atoms with Crippen LogP contribution in [0.15, 0.2) is 0 Å². The van der Waals surface area contributed by atoms with E-state index in [1.165, 1.54) is 0 Å². The van der Waals surface area contributed by atoms with Crippen LogP contribution in [0, 0.1) is 0 Å². The van der Waals surface area contributed by atoms with Crippen molar-refractivity contribution in [1.82, 2.24) is 15.5 Å². The summed E-state index contributed by atoms with van der Waals surface area (Å²) < 4.78 is 0. The van der Waals surface area contributed by atoms with Crippen LogP contribution < -0.4 is 10.6 Å². The lowest BCUT2D eigenvalue weighted by Crippen LogP contribution is -2.54. The molecule has 1 heterocycles. The molecule has 1 aliphatic heterocycles. The van der Waals surface area contributed by atoms with Crippen LogP contribution in [0.4, 0.5) is 0 Å². The first-order chi connectivity index (χ1) is 8.68. The van der Waals surface area contributed by atoms with Crippen LogP contribution in [0.1, 0.15) is 46.5 Å². The van der Waals surface area contributed by atoms with Gasteiger partial charge in [-0.05, 0) is 38.9 Å². The summed E-state index contributed by atoms with van der Waals surface area (Å²) in [5, 5.41) is 6.52. The van der Waals surface area contributed by atoms with E-state index in [4.69, 9.17) is 0 Å². The molecule has 1 fully saturated rings. The summed E-state index contributed by atoms with van der Waals surface area (Å²) in [7, 11) is 0. The molecule has 4 heteroatoms. The van der Waals surface area contributed by atoms with Crippen molar-refractivity contribution in [3.05, 3.63) is 0 Å². The molecule has 1 rings (SSSR count). The first-order valence-electron chi connectivity index (χ1n) is 7.44. The van der Waals surface area contributed by atoms with Crippen molar-refractivity contribution in [2.75, 3.05) is 32.7 Å². The van der Waals surface area contributed by atoms with E-state index >= 15 is 0 Å². The summed E-state index contributed by atoms with van der Waals surface area (Å²) in [6, 6.07) is 0. The zero-order chi connectivity index (χ0) is 13.4. The number of hydrogen-bond donors (Lipinski definition) is 2. The third-order valence-electron chi connectivity index (χ3n) is 3.96. The molecule has 1 unspecified atom stereocenters. The third kappa shape index (κ3) is 3.95. The SMILES string of the molecule is CCCC1(C(=O)NCCN(CC)CC)CCCN1. The van der Waals surface area contributed by atoms with E-state index in [0.29, 0.717) is 0 Å². The molecule has 0 aromatic carbocycles. The third-order valence-corrected chi connectivity index (χ3v) is 3.96. The molecule has 0 spiro atoms. The Hall–Kier alpha value is -0.610. The molecule has 0 aromatic heterocycles. The molecular formula is C14H29N3O. The fraction of sp³-hybridized carbons (Fsp3) is 0.929. The first kappa shape index (κ1) is 15.4. The van der Waals surface area contributed by atoms with Crippen LogP contribution >= 0.6 is 0 Å². The van der Waals surface area contributed by atoms with Crippen LogP contribution in [-0.4, -0.2) is 49.1 Å². The van der Waals surface area contributed by atoms with Gasteiger partial charge in [0.15, 0.2) is 0 Å². The Morgan fingerprint density at radius 2 is 2.06 bits per heavy atom. The van der Waals surface area contributed by atoms with E-state index in [1.54, 1.807) is 0 Å². The number of carbonyl (C=O) groups excluding carboxylic acids is 1. The number of likely N-dealkylation sites (N-methyl/N-ethyl adjacent to an activating group) is 1. The molecule has 0 aliphatic carbocycles. The predicted octanol–water partition coefficient (Wildman–Crippen LogP) is 1.37. The van der Waals surface area contributed by atoms with E-state index in [9.17, 15) is 4.79 Å². The van der Waals surface area contributed by atoms with Gasteiger partial charge in [0.1, 0.15) is 0 Å². The molecular weight excluding hydrogens is 226 g/mol. The van der Waals surface area contributed by atoms with Gasteiger partial charge in [-0.3, -0.25) is 4.79 Å². The first-order valence-corrected chi connectivity index (χ1v) is 7.44. The van der Waals surface area contributed by atoms with Crippen molar-refractivity contribution in [2.45, 2.75) is 52.0 Å². The van der Waals surface area contributed by atoms with Crippen LogP contribution in [-0.2, 0) is 4.79 Å². The summed E-state index contributed by atoms with van der Waals surface area (Å²) in [5.41, 5.74) is -0.280. The monoisotopic (exact) mass is 255 g/mol. The number of nitrogens with one attached hydrogen (secondary N) is 2. The van der Waals surface area contributed by atoms with Gasteiger partial charge in [-0.1, -0.05) is 27.2 Å². The lowest BCUT2D eigenvalue weighted by molar-refractivity contribution is -0.127. The molecule has 4 nitrogen and oxygen atoms in total. The largest absolute Gasteiger partial charge is 0.353 e. The lowest BCUT2D eigenvalue weighted by Gasteiger charge is -2.28. The fourth-order valence-corrected chi connectivity index (χ4v) is 2.79. The molecule has 18 heavy (non-hydrogen) atoms. The number of carbonyl (C=O) groups is 1. The minimum atomic E-state index is -0.280. The van der Waals surface area contributed by atoms with Gasteiger partial charge in [0, 0.05) is 13.1 Å². The normalized spacial score (nSPS) is 23.6. The Kier molecular flexibility index (Phi) is 6.65. The van der Waals surface area contributed by atoms with E-state index in [-0.39, 0.29) is 11.4 Å². The summed E-state index contributed by atoms with van der Waals surface area (Å²) in [6.45, 7) is 11.2. The zero-order valence-electron chi connectivity index (χ0n) is 12.2. The smallest absolute Gasteiger partial charge is 0.240 e. The highest BCUT2D eigenvalue weighted by atomic mass is 16.2. The second-order valence-electron chi connectivity index (χ2n) is 5.15. The van der Waals surface area contributed by atoms with Gasteiger partial charge in [0.05, 0.1) is 5.54 Å². The molecule has 1 atom stereocenters. The van der Waals surface area contributed by atoms with E-state index in [0.717, 1.165) is 58.4 Å². The van der Waals surface area contributed by atoms with Crippen molar-refractivity contribution in [2.24, 2.45) is 0 Å². The lowest BCUT2D eigenvalue weighted by atomic mass is 9.91. The van der Waals surface area contributed by atoms with E-state index < -0.39 is 0 Å². The van der Waals surface area contributed by atoms with Gasteiger partial charge in [0.25, 0.3) is 0 Å². The summed E-state index contributed by atoms with van der Waals surface area (Å²) in [4.78, 5) is 14.7. The zero-order valence-corrected chi connectivity index (χ0v) is 12.2. The summed E-state index contributed by atoms with van der Waals surface area (Å²) in [6.07, 6.45) is 4.10. The molecule has 2 N–H and O–H groups in total. The quantitative estimate of drug-likeness (QED) is 0.688. The highest BCUT2D eigenvalue weighted by Gasteiger charge is 2.39. The van der Waals surface area contributed by atoms with Gasteiger partial charge >= 0.3 is 0 Å². The van der Waals surface area contributed by atoms with E-state index in [1.807, 2.05) is 0 Å². The highest BCUT2D eigenvalue weighted by molar-refractivity contribution is 5.86. The minimum absolute atomic E-state index is 0.203. The Morgan fingerprint density at radius 3 is 2.56 bits per heavy atom. The van der Waals surface area contributed by atoms with Gasteiger partial charge in [0.2, 0.25) is 5.91 Å². The van der Waals surface area contributed by atoms with Gasteiger partial charge in [-0.25, -0.2) is 0 Å². The number of nitrogens with zero attached hydrogens (tertiary/aromatic N) is 1. The second kappa shape index (κ2) is 7.74. The Morgan fingerprint density at radius 1 is 1.33 bits per heavy atom. The van der Waals surface area contributed by atoms with Crippen LogP contribution in [0.25, 0.3) is 0 Å². The maximum absolute atomic E-state index is 12.3. The molecule has 0 saturated carbocycles. The standard InChI is InChI=1S/C14H29N3O/c1-4-8-14(9-7-10-16-14)13(18)15-11-12-17(5-2)6-3/h16H,4-12H2,1-3H3,(H,15,18). The van der Waals surface area contributed by atoms with Gasteiger partial charge in [-0.15, -0.1) is 0 Å². The number of amides is 1. The summed E-state index contributed by atoms with van der Waals surface area (Å²) in [5.74, 6) is 0.203. The number of hydrogen-bond acceptors (Lipinski definition) is 3. The minimum Gasteiger partial charge on any atom is -0.353 e. The average Bonchev–Trinajstić information content (AvgIpc) is 2.85. The van der Waals surface area contributed by atoms with E-state index in [2.05, 4.69) is 36.3 Å². The highest BCUT2D eigenvalue weighted by Crippen LogP contribution is 2.24. The molecule has 106 valence electrons. The Balaban J connectivity index is 2.38. The predicted molar refractivity (Wildman–Crippen MR) is 75.7 cm³/mol. The molecule has 0 radical (unpaired) electrons. The molecule has 1 amide bonds. The van der Waals surface area contributed by atoms with Crippen LogP contribution in [0.3, 0.4) is 0 Å². The molecule has 1 aliphatic rings. The van der Waals surface area contributed by atoms with Crippen molar-refractivity contribution in [1.29, 1.82) is 0 Å². The maximum atomic E-state index is 12.3.